The van der Waals surface area contributed by atoms with Gasteiger partial charge in [0.25, 0.3) is 11.5 Å². The molecule has 0 radical (unpaired) electrons. The summed E-state index contributed by atoms with van der Waals surface area (Å²) in [5.41, 5.74) is 0.633. The van der Waals surface area contributed by atoms with Gasteiger partial charge in [-0.1, -0.05) is 18.2 Å². The first kappa shape index (κ1) is 14.5. The molecule has 1 aliphatic rings. The topological polar surface area (TPSA) is 64.4 Å². The van der Waals surface area contributed by atoms with E-state index in [1.807, 2.05) is 25.1 Å². The van der Waals surface area contributed by atoms with Crippen LogP contribution in [0.3, 0.4) is 0 Å². The number of para-hydroxylation sites is 1. The van der Waals surface area contributed by atoms with Crippen LogP contribution in [0.4, 0.5) is 0 Å². The molecule has 6 nitrogen and oxygen atoms in total. The van der Waals surface area contributed by atoms with Crippen molar-refractivity contribution in [2.24, 2.45) is 0 Å². The molecule has 1 amide bonds. The van der Waals surface area contributed by atoms with Crippen LogP contribution in [0.15, 0.2) is 47.3 Å². The second-order valence-corrected chi connectivity index (χ2v) is 5.24. The lowest BCUT2D eigenvalue weighted by atomic mass is 10.2. The average molecular weight is 299 g/mol. The van der Waals surface area contributed by atoms with Crippen LogP contribution in [0.5, 0.6) is 0 Å². The van der Waals surface area contributed by atoms with Gasteiger partial charge in [0.15, 0.2) is 0 Å². The summed E-state index contributed by atoms with van der Waals surface area (Å²) in [6.45, 7) is 3.52. The summed E-state index contributed by atoms with van der Waals surface area (Å²) in [5.74, 6) is -0.181. The van der Waals surface area contributed by atoms with E-state index in [1.165, 1.54) is 16.8 Å². The van der Waals surface area contributed by atoms with Crippen molar-refractivity contribution in [3.63, 3.8) is 0 Å². The molecule has 1 aliphatic heterocycles. The van der Waals surface area contributed by atoms with Crippen LogP contribution in [0.2, 0.25) is 0 Å². The van der Waals surface area contributed by atoms with E-state index < -0.39 is 0 Å². The maximum absolute atomic E-state index is 12.5. The molecule has 0 aliphatic carbocycles. The molecule has 0 saturated carbocycles. The highest BCUT2D eigenvalue weighted by Crippen LogP contribution is 2.09. The molecule has 22 heavy (non-hydrogen) atoms. The third-order valence-electron chi connectivity index (χ3n) is 3.55. The summed E-state index contributed by atoms with van der Waals surface area (Å²) < 4.78 is 6.68. The highest BCUT2D eigenvalue weighted by molar-refractivity contribution is 5.92. The number of nitrogens with zero attached hydrogens (tertiary/aromatic N) is 3. The van der Waals surface area contributed by atoms with E-state index in [-0.39, 0.29) is 23.3 Å². The maximum atomic E-state index is 12.5. The van der Waals surface area contributed by atoms with Gasteiger partial charge in [0.1, 0.15) is 5.69 Å². The van der Waals surface area contributed by atoms with Crippen LogP contribution in [-0.4, -0.2) is 46.4 Å². The number of hydrogen-bond donors (Lipinski definition) is 0. The molecule has 2 aromatic rings. The minimum atomic E-state index is -0.266. The Labute approximate surface area is 127 Å². The highest BCUT2D eigenvalue weighted by Gasteiger charge is 2.23. The summed E-state index contributed by atoms with van der Waals surface area (Å²) in [4.78, 5) is 26.2. The molecular formula is C16H17N3O3. The number of aromatic nitrogens is 2. The quantitative estimate of drug-likeness (QED) is 0.833. The van der Waals surface area contributed by atoms with Crippen LogP contribution in [0.25, 0.3) is 5.69 Å². The zero-order chi connectivity index (χ0) is 15.5. The second-order valence-electron chi connectivity index (χ2n) is 5.24. The smallest absolute Gasteiger partial charge is 0.274 e. The third-order valence-corrected chi connectivity index (χ3v) is 3.55. The summed E-state index contributed by atoms with van der Waals surface area (Å²) >= 11 is 0. The van der Waals surface area contributed by atoms with Gasteiger partial charge in [-0.2, -0.15) is 9.78 Å². The second kappa shape index (κ2) is 6.11. The largest absolute Gasteiger partial charge is 0.375 e. The van der Waals surface area contributed by atoms with Crippen molar-refractivity contribution in [3.05, 3.63) is 58.5 Å². The standard InChI is InChI=1S/C16H17N3O3/c1-12-11-18(9-10-22-12)16(21)14-7-8-15(20)19(17-14)13-5-3-2-4-6-13/h2-8,12H,9-11H2,1H3/t12-/m1/s1. The zero-order valence-electron chi connectivity index (χ0n) is 12.3. The first-order valence-corrected chi connectivity index (χ1v) is 7.22. The van der Waals surface area contributed by atoms with Crippen LogP contribution in [-0.2, 0) is 4.74 Å². The molecule has 2 heterocycles. The number of carbonyl (C=O) groups excluding carboxylic acids is 1. The average Bonchev–Trinajstić information content (AvgIpc) is 2.55. The molecule has 3 rings (SSSR count). The summed E-state index contributed by atoms with van der Waals surface area (Å²) in [6, 6.07) is 11.9. The molecule has 1 saturated heterocycles. The van der Waals surface area contributed by atoms with E-state index in [2.05, 4.69) is 5.10 Å². The van der Waals surface area contributed by atoms with Gasteiger partial charge in [-0.25, -0.2) is 0 Å². The highest BCUT2D eigenvalue weighted by atomic mass is 16.5. The minimum Gasteiger partial charge on any atom is -0.375 e. The minimum absolute atomic E-state index is 0.0118. The van der Waals surface area contributed by atoms with E-state index in [4.69, 9.17) is 4.74 Å². The Bertz CT molecular complexity index is 727. The molecule has 0 N–H and O–H groups in total. The van der Waals surface area contributed by atoms with Gasteiger partial charge in [-0.05, 0) is 25.1 Å². The molecule has 1 aromatic heterocycles. The zero-order valence-corrected chi connectivity index (χ0v) is 12.3. The van der Waals surface area contributed by atoms with Crippen LogP contribution < -0.4 is 5.56 Å². The van der Waals surface area contributed by atoms with Gasteiger partial charge in [0, 0.05) is 19.2 Å². The summed E-state index contributed by atoms with van der Waals surface area (Å²) in [7, 11) is 0. The first-order valence-electron chi connectivity index (χ1n) is 7.22. The van der Waals surface area contributed by atoms with Gasteiger partial charge in [-0.15, -0.1) is 0 Å². The predicted octanol–water partition coefficient (Wildman–Crippen LogP) is 1.09. The molecule has 6 heteroatoms. The number of benzene rings is 1. The van der Waals surface area contributed by atoms with Gasteiger partial charge < -0.3 is 9.64 Å². The molecule has 0 spiro atoms. The molecular weight excluding hydrogens is 282 g/mol. The fourth-order valence-corrected chi connectivity index (χ4v) is 2.44. The molecule has 1 atom stereocenters. The maximum Gasteiger partial charge on any atom is 0.274 e. The van der Waals surface area contributed by atoms with Crippen molar-refractivity contribution in [1.29, 1.82) is 0 Å². The lowest BCUT2D eigenvalue weighted by molar-refractivity contribution is -0.0127. The van der Waals surface area contributed by atoms with E-state index in [0.717, 1.165) is 0 Å². The van der Waals surface area contributed by atoms with E-state index >= 15 is 0 Å². The Morgan fingerprint density at radius 2 is 2.00 bits per heavy atom. The predicted molar refractivity (Wildman–Crippen MR) is 81.2 cm³/mol. The number of carbonyl (C=O) groups is 1. The SMILES string of the molecule is C[C@@H]1CN(C(=O)c2ccc(=O)n(-c3ccccc3)n2)CCO1. The molecule has 1 aromatic carbocycles. The van der Waals surface area contributed by atoms with Crippen LogP contribution in [0.1, 0.15) is 17.4 Å². The number of rotatable bonds is 2. The molecule has 0 bridgehead atoms. The van der Waals surface area contributed by atoms with Gasteiger partial charge >= 0.3 is 0 Å². The van der Waals surface area contributed by atoms with Gasteiger partial charge in [0.05, 0.1) is 18.4 Å². The van der Waals surface area contributed by atoms with Crippen molar-refractivity contribution in [2.75, 3.05) is 19.7 Å². The Morgan fingerprint density at radius 3 is 2.73 bits per heavy atom. The van der Waals surface area contributed by atoms with Crippen molar-refractivity contribution >= 4 is 5.91 Å². The Hall–Kier alpha value is -2.47. The van der Waals surface area contributed by atoms with E-state index in [1.54, 1.807) is 17.0 Å². The summed E-state index contributed by atoms with van der Waals surface area (Å²) in [6.07, 6.45) is 0.0118. The fourth-order valence-electron chi connectivity index (χ4n) is 2.44. The fraction of sp³-hybridized carbons (Fsp3) is 0.312. The van der Waals surface area contributed by atoms with Crippen molar-refractivity contribution in [3.8, 4) is 5.69 Å². The number of morpholine rings is 1. The van der Waals surface area contributed by atoms with Crippen LogP contribution >= 0.6 is 0 Å². The van der Waals surface area contributed by atoms with Crippen molar-refractivity contribution < 1.29 is 9.53 Å². The summed E-state index contributed by atoms with van der Waals surface area (Å²) in [5, 5.41) is 4.21. The molecule has 1 fully saturated rings. The third kappa shape index (κ3) is 2.92. The Balaban J connectivity index is 1.92. The van der Waals surface area contributed by atoms with Crippen molar-refractivity contribution in [2.45, 2.75) is 13.0 Å². The Kier molecular flexibility index (Phi) is 4.02. The van der Waals surface area contributed by atoms with Crippen molar-refractivity contribution in [1.82, 2.24) is 14.7 Å². The number of ether oxygens (including phenoxy) is 1. The van der Waals surface area contributed by atoms with E-state index in [0.29, 0.717) is 25.4 Å². The normalized spacial score (nSPS) is 18.2. The van der Waals surface area contributed by atoms with Gasteiger partial charge in [0.2, 0.25) is 0 Å². The van der Waals surface area contributed by atoms with E-state index in [9.17, 15) is 9.59 Å². The number of hydrogen-bond acceptors (Lipinski definition) is 4. The monoisotopic (exact) mass is 299 g/mol. The lowest BCUT2D eigenvalue weighted by Gasteiger charge is -2.30. The van der Waals surface area contributed by atoms with Gasteiger partial charge in [-0.3, -0.25) is 9.59 Å². The first-order chi connectivity index (χ1) is 10.6. The molecule has 114 valence electrons. The molecule has 0 unspecified atom stereocenters. The Morgan fingerprint density at radius 1 is 1.23 bits per heavy atom. The number of amides is 1. The lowest BCUT2D eigenvalue weighted by Crippen LogP contribution is -2.45. The van der Waals surface area contributed by atoms with Crippen LogP contribution in [0, 0.1) is 0 Å².